The fraction of sp³-hybridized carbons (Fsp3) is 0.692. The van der Waals surface area contributed by atoms with E-state index in [1.54, 1.807) is 0 Å². The largest absolute Gasteiger partial charge is 0.461 e. The summed E-state index contributed by atoms with van der Waals surface area (Å²) in [5, 5.41) is 20.8. The highest BCUT2D eigenvalue weighted by atomic mass is 32.1. The number of alkyl halides is 1. The lowest BCUT2D eigenvalue weighted by Crippen LogP contribution is -2.59. The average molecular weight is 557 g/mol. The minimum absolute atomic E-state index is 0.132. The van der Waals surface area contributed by atoms with Gasteiger partial charge in [0.05, 0.1) is 36.5 Å². The van der Waals surface area contributed by atoms with Crippen LogP contribution in [0.25, 0.3) is 0 Å². The minimum Gasteiger partial charge on any atom is -0.461 e. The van der Waals surface area contributed by atoms with Gasteiger partial charge in [-0.2, -0.15) is 20.2 Å². The van der Waals surface area contributed by atoms with Crippen LogP contribution in [0.2, 0.25) is 0 Å². The van der Waals surface area contributed by atoms with Crippen LogP contribution >= 0.6 is 11.3 Å². The van der Waals surface area contributed by atoms with Crippen LogP contribution in [0.4, 0.5) is 21.3 Å². The smallest absolute Gasteiger partial charge is 0.323 e. The maximum Gasteiger partial charge on any atom is 0.323 e. The van der Waals surface area contributed by atoms with Crippen LogP contribution in [0.3, 0.4) is 0 Å². The van der Waals surface area contributed by atoms with Crippen molar-refractivity contribution in [2.24, 2.45) is 0 Å². The Labute approximate surface area is 230 Å². The number of aromatic nitrogens is 3. The molecule has 0 amide bonds. The Morgan fingerprint density at radius 2 is 2.15 bits per heavy atom. The van der Waals surface area contributed by atoms with Gasteiger partial charge in [0.25, 0.3) is 0 Å². The second-order valence-corrected chi connectivity index (χ2v) is 12.9. The van der Waals surface area contributed by atoms with E-state index in [9.17, 15) is 14.8 Å². The van der Waals surface area contributed by atoms with Gasteiger partial charge in [0.2, 0.25) is 11.9 Å². The zero-order chi connectivity index (χ0) is 26.9. The molecule has 5 aliphatic rings. The minimum atomic E-state index is -0.841. The first-order chi connectivity index (χ1) is 18.8. The number of nitriles is 1. The zero-order valence-corrected chi connectivity index (χ0v) is 22.8. The van der Waals surface area contributed by atoms with Crippen molar-refractivity contribution in [2.75, 3.05) is 68.6 Å². The lowest BCUT2D eigenvalue weighted by atomic mass is 9.74. The topological polar surface area (TPSA) is 137 Å². The fourth-order valence-electron chi connectivity index (χ4n) is 7.36. The van der Waals surface area contributed by atoms with Crippen LogP contribution in [-0.2, 0) is 16.6 Å². The molecule has 1 aliphatic carbocycles. The number of rotatable bonds is 6. The number of nitrogens with two attached hydrogens (primary N) is 1. The molecule has 4 atom stereocenters. The van der Waals surface area contributed by atoms with Crippen LogP contribution in [0.15, 0.2) is 0 Å². The molecule has 3 N–H and O–H groups in total. The van der Waals surface area contributed by atoms with E-state index < -0.39 is 12.3 Å². The second kappa shape index (κ2) is 9.12. The lowest BCUT2D eigenvalue weighted by Gasteiger charge is -2.48. The van der Waals surface area contributed by atoms with Crippen molar-refractivity contribution in [3.05, 3.63) is 16.0 Å². The van der Waals surface area contributed by atoms with E-state index in [1.165, 1.54) is 16.2 Å². The number of thiophene rings is 1. The molecule has 39 heavy (non-hydrogen) atoms. The standard InChI is InChI=1S/C26H33FN8O3S/c1-33(17-10-37-11-18(17)36)22-30-23(32-24(31-22)38-14-26-4-2-6-35(26)9-15(27)7-26)34-12-25(13-34)5-3-19-20(25)16(8-28)21(29)39-19/h15,17-18,36H,2-7,9-14,29H2,1H3/t15-,17+,18-,26+/m1/s1. The van der Waals surface area contributed by atoms with Crippen LogP contribution in [0, 0.1) is 11.3 Å². The quantitative estimate of drug-likeness (QED) is 0.532. The highest BCUT2D eigenvalue weighted by Crippen LogP contribution is 2.52. The molecule has 0 aromatic carbocycles. The van der Waals surface area contributed by atoms with Crippen molar-refractivity contribution in [1.82, 2.24) is 19.9 Å². The number of ether oxygens (including phenoxy) is 2. The number of aliphatic hydroxyl groups is 1. The molecule has 6 heterocycles. The normalized spacial score (nSPS) is 30.8. The maximum atomic E-state index is 14.3. The van der Waals surface area contributed by atoms with E-state index in [0.717, 1.165) is 37.8 Å². The number of fused-ring (bicyclic) bond motifs is 3. The molecule has 1 spiro atoms. The summed E-state index contributed by atoms with van der Waals surface area (Å²) in [6, 6.07) is 2.23. The first-order valence-corrected chi connectivity index (χ1v) is 14.5. The van der Waals surface area contributed by atoms with E-state index in [2.05, 4.69) is 20.9 Å². The SMILES string of the molecule is CN(c1nc(OC[C@@]23CCCN2C[C@H](F)C3)nc(N2CC3(CCc4sc(N)c(C#N)c43)C2)n1)[C@H]1COC[C@H]1O. The Balaban J connectivity index is 1.16. The molecule has 2 aromatic rings. The zero-order valence-electron chi connectivity index (χ0n) is 22.0. The number of hydrogen-bond donors (Lipinski definition) is 2. The summed E-state index contributed by atoms with van der Waals surface area (Å²) in [7, 11) is 1.84. The Hall–Kier alpha value is -2.79. The number of halogens is 1. The average Bonchev–Trinajstić information content (AvgIpc) is 3.68. The van der Waals surface area contributed by atoms with Crippen LogP contribution in [0.1, 0.15) is 41.7 Å². The van der Waals surface area contributed by atoms with Crippen molar-refractivity contribution >= 4 is 28.2 Å². The Morgan fingerprint density at radius 3 is 2.92 bits per heavy atom. The summed E-state index contributed by atoms with van der Waals surface area (Å²) in [6.07, 6.45) is 2.79. The number of nitrogens with zero attached hydrogens (tertiary/aromatic N) is 7. The predicted octanol–water partition coefficient (Wildman–Crippen LogP) is 1.24. The van der Waals surface area contributed by atoms with E-state index in [1.807, 2.05) is 11.9 Å². The van der Waals surface area contributed by atoms with E-state index >= 15 is 0 Å². The van der Waals surface area contributed by atoms with Gasteiger partial charge < -0.3 is 30.1 Å². The molecule has 2 aromatic heterocycles. The first-order valence-electron chi connectivity index (χ1n) is 13.6. The van der Waals surface area contributed by atoms with Gasteiger partial charge in [-0.15, -0.1) is 11.3 Å². The molecule has 4 fully saturated rings. The summed E-state index contributed by atoms with van der Waals surface area (Å²) in [5.41, 5.74) is 7.42. The molecule has 4 saturated heterocycles. The molecular formula is C26H33FN8O3S. The van der Waals surface area contributed by atoms with Crippen LogP contribution in [0.5, 0.6) is 6.01 Å². The number of likely N-dealkylation sites (N-methyl/N-ethyl adjacent to an activating group) is 1. The number of aryl methyl sites for hydroxylation is 1. The molecule has 11 nitrogen and oxygen atoms in total. The summed E-state index contributed by atoms with van der Waals surface area (Å²) >= 11 is 1.53. The number of aliphatic hydroxyl groups excluding tert-OH is 1. The third kappa shape index (κ3) is 3.95. The van der Waals surface area contributed by atoms with Gasteiger partial charge >= 0.3 is 6.01 Å². The van der Waals surface area contributed by atoms with E-state index in [4.69, 9.17) is 25.2 Å². The highest BCUT2D eigenvalue weighted by Gasteiger charge is 2.53. The van der Waals surface area contributed by atoms with Crippen molar-refractivity contribution in [2.45, 2.75) is 61.4 Å². The third-order valence-corrected chi connectivity index (χ3v) is 10.5. The molecule has 0 radical (unpaired) electrons. The van der Waals surface area contributed by atoms with Gasteiger partial charge in [0, 0.05) is 43.4 Å². The second-order valence-electron chi connectivity index (χ2n) is 11.8. The molecule has 0 saturated carbocycles. The van der Waals surface area contributed by atoms with Gasteiger partial charge in [-0.25, -0.2) is 4.39 Å². The molecule has 13 heteroatoms. The molecular weight excluding hydrogens is 523 g/mol. The van der Waals surface area contributed by atoms with Gasteiger partial charge in [-0.05, 0) is 37.8 Å². The van der Waals surface area contributed by atoms with Crippen molar-refractivity contribution < 1.29 is 19.0 Å². The number of anilines is 3. The maximum absolute atomic E-state index is 14.3. The van der Waals surface area contributed by atoms with Crippen molar-refractivity contribution in [1.29, 1.82) is 5.26 Å². The van der Waals surface area contributed by atoms with Crippen LogP contribution in [-0.4, -0.2) is 102 Å². The molecule has 0 bridgehead atoms. The predicted molar refractivity (Wildman–Crippen MR) is 143 cm³/mol. The summed E-state index contributed by atoms with van der Waals surface area (Å²) in [6.45, 7) is 3.65. The molecule has 0 unspecified atom stereocenters. The molecule has 7 rings (SSSR count). The van der Waals surface area contributed by atoms with Gasteiger partial charge in [-0.1, -0.05) is 0 Å². The van der Waals surface area contributed by atoms with E-state index in [0.29, 0.717) is 61.7 Å². The molecule has 4 aliphatic heterocycles. The molecule has 208 valence electrons. The first kappa shape index (κ1) is 25.2. The summed E-state index contributed by atoms with van der Waals surface area (Å²) < 4.78 is 26.0. The Kier molecular flexibility index (Phi) is 5.89. The van der Waals surface area contributed by atoms with Gasteiger partial charge in [0.1, 0.15) is 23.8 Å². The van der Waals surface area contributed by atoms with Crippen LogP contribution < -0.4 is 20.3 Å². The van der Waals surface area contributed by atoms with Gasteiger partial charge in [0.15, 0.2) is 0 Å². The van der Waals surface area contributed by atoms with Crippen molar-refractivity contribution in [3.63, 3.8) is 0 Å². The number of nitrogen functional groups attached to an aromatic ring is 1. The summed E-state index contributed by atoms with van der Waals surface area (Å²) in [5.74, 6) is 0.886. The lowest BCUT2D eigenvalue weighted by molar-refractivity contribution is 0.107. The van der Waals surface area contributed by atoms with E-state index in [-0.39, 0.29) is 29.6 Å². The highest BCUT2D eigenvalue weighted by molar-refractivity contribution is 7.16. The third-order valence-electron chi connectivity index (χ3n) is 9.41. The van der Waals surface area contributed by atoms with Gasteiger partial charge in [-0.3, -0.25) is 4.90 Å². The fourth-order valence-corrected chi connectivity index (χ4v) is 8.50. The monoisotopic (exact) mass is 556 g/mol. The Morgan fingerprint density at radius 1 is 1.31 bits per heavy atom. The Bertz CT molecular complexity index is 1330. The summed E-state index contributed by atoms with van der Waals surface area (Å²) in [4.78, 5) is 21.4. The van der Waals surface area contributed by atoms with Crippen molar-refractivity contribution in [3.8, 4) is 12.1 Å². The number of hydrogen-bond acceptors (Lipinski definition) is 12.